The van der Waals surface area contributed by atoms with Gasteiger partial charge in [0.2, 0.25) is 0 Å². The van der Waals surface area contributed by atoms with Gasteiger partial charge in [-0.1, -0.05) is 42.5 Å². The zero-order valence-corrected chi connectivity index (χ0v) is 15.4. The number of para-hydroxylation sites is 1. The van der Waals surface area contributed by atoms with Gasteiger partial charge in [-0.15, -0.1) is 0 Å². The number of morpholine rings is 1. The van der Waals surface area contributed by atoms with E-state index in [2.05, 4.69) is 15.5 Å². The van der Waals surface area contributed by atoms with Crippen molar-refractivity contribution in [1.82, 2.24) is 10.2 Å². The Bertz CT molecular complexity index is 863. The Balaban J connectivity index is 1.44. The molecule has 28 heavy (non-hydrogen) atoms. The predicted molar refractivity (Wildman–Crippen MR) is 104 cm³/mol. The van der Waals surface area contributed by atoms with Crippen molar-refractivity contribution >= 4 is 17.5 Å². The van der Waals surface area contributed by atoms with Crippen molar-refractivity contribution in [3.63, 3.8) is 0 Å². The molecule has 2 amide bonds. The van der Waals surface area contributed by atoms with Crippen LogP contribution in [0.25, 0.3) is 0 Å². The van der Waals surface area contributed by atoms with Crippen molar-refractivity contribution in [3.05, 3.63) is 65.7 Å². The molecule has 1 heterocycles. The van der Waals surface area contributed by atoms with Crippen LogP contribution >= 0.6 is 0 Å². The molecule has 0 aromatic heterocycles. The van der Waals surface area contributed by atoms with Gasteiger partial charge in [-0.25, -0.2) is 0 Å². The van der Waals surface area contributed by atoms with Crippen molar-refractivity contribution < 1.29 is 14.3 Å². The Morgan fingerprint density at radius 3 is 2.64 bits per heavy atom. The van der Waals surface area contributed by atoms with E-state index in [4.69, 9.17) is 10.00 Å². The molecule has 7 heteroatoms. The van der Waals surface area contributed by atoms with E-state index in [9.17, 15) is 9.59 Å². The van der Waals surface area contributed by atoms with Gasteiger partial charge < -0.3 is 15.4 Å². The first kappa shape index (κ1) is 19.5. The van der Waals surface area contributed by atoms with Crippen LogP contribution in [0, 0.1) is 11.3 Å². The second-order valence-electron chi connectivity index (χ2n) is 6.44. The number of rotatable bonds is 5. The molecule has 1 saturated heterocycles. The Morgan fingerprint density at radius 2 is 1.86 bits per heavy atom. The van der Waals surface area contributed by atoms with Crippen LogP contribution in [0.1, 0.15) is 17.2 Å². The van der Waals surface area contributed by atoms with Crippen LogP contribution in [-0.4, -0.2) is 49.5 Å². The highest BCUT2D eigenvalue weighted by Gasteiger charge is 2.22. The molecule has 1 fully saturated rings. The van der Waals surface area contributed by atoms with Crippen LogP contribution in [0.4, 0.5) is 5.69 Å². The summed E-state index contributed by atoms with van der Waals surface area (Å²) in [5.41, 5.74) is 1.76. The number of amides is 2. The molecular weight excluding hydrogens is 356 g/mol. The van der Waals surface area contributed by atoms with Gasteiger partial charge in [0.15, 0.2) is 0 Å². The number of hydrogen-bond acceptors (Lipinski definition) is 5. The van der Waals surface area contributed by atoms with E-state index in [1.165, 1.54) is 0 Å². The molecule has 0 radical (unpaired) electrons. The zero-order valence-electron chi connectivity index (χ0n) is 15.4. The van der Waals surface area contributed by atoms with Crippen LogP contribution in [0.2, 0.25) is 0 Å². The number of carbonyl (C=O) groups is 2. The van der Waals surface area contributed by atoms with E-state index in [-0.39, 0.29) is 6.10 Å². The molecule has 2 aromatic rings. The second kappa shape index (κ2) is 9.65. The first-order valence-electron chi connectivity index (χ1n) is 9.14. The summed E-state index contributed by atoms with van der Waals surface area (Å²) < 4.78 is 5.83. The highest BCUT2D eigenvalue weighted by Crippen LogP contribution is 2.21. The van der Waals surface area contributed by atoms with E-state index in [1.54, 1.807) is 24.3 Å². The highest BCUT2D eigenvalue weighted by atomic mass is 16.5. The fraction of sp³-hybridized carbons (Fsp3) is 0.286. The first-order chi connectivity index (χ1) is 13.7. The lowest BCUT2D eigenvalue weighted by atomic mass is 10.1. The van der Waals surface area contributed by atoms with E-state index >= 15 is 0 Å². The lowest BCUT2D eigenvalue weighted by Gasteiger charge is -2.33. The zero-order chi connectivity index (χ0) is 19.8. The monoisotopic (exact) mass is 378 g/mol. The lowest BCUT2D eigenvalue weighted by Crippen LogP contribution is -2.44. The van der Waals surface area contributed by atoms with Gasteiger partial charge in [0, 0.05) is 26.2 Å². The number of nitrogens with zero attached hydrogens (tertiary/aromatic N) is 2. The van der Waals surface area contributed by atoms with E-state index in [0.29, 0.717) is 30.9 Å². The average molecular weight is 378 g/mol. The van der Waals surface area contributed by atoms with Crippen molar-refractivity contribution in [3.8, 4) is 6.07 Å². The van der Waals surface area contributed by atoms with E-state index in [0.717, 1.165) is 18.7 Å². The average Bonchev–Trinajstić information content (AvgIpc) is 2.75. The van der Waals surface area contributed by atoms with Crippen LogP contribution in [0.3, 0.4) is 0 Å². The molecule has 7 nitrogen and oxygen atoms in total. The topological polar surface area (TPSA) is 94.5 Å². The third kappa shape index (κ3) is 5.16. The molecule has 144 valence electrons. The number of anilines is 1. The minimum absolute atomic E-state index is 0.0106. The highest BCUT2D eigenvalue weighted by molar-refractivity contribution is 6.39. The molecule has 0 saturated carbocycles. The van der Waals surface area contributed by atoms with Crippen LogP contribution in [-0.2, 0) is 14.3 Å². The summed E-state index contributed by atoms with van der Waals surface area (Å²) in [6, 6.07) is 18.6. The molecule has 1 aliphatic heterocycles. The molecule has 1 aliphatic rings. The molecule has 0 bridgehead atoms. The van der Waals surface area contributed by atoms with Gasteiger partial charge in [-0.3, -0.25) is 14.5 Å². The Hall–Kier alpha value is -3.21. The van der Waals surface area contributed by atoms with Gasteiger partial charge in [0.1, 0.15) is 6.07 Å². The van der Waals surface area contributed by atoms with Crippen molar-refractivity contribution in [2.75, 3.05) is 38.1 Å². The molecule has 2 N–H and O–H groups in total. The second-order valence-corrected chi connectivity index (χ2v) is 6.44. The molecule has 0 unspecified atom stereocenters. The minimum Gasteiger partial charge on any atom is -0.371 e. The van der Waals surface area contributed by atoms with Gasteiger partial charge in [0.05, 0.1) is 24.0 Å². The third-order valence-electron chi connectivity index (χ3n) is 4.54. The standard InChI is InChI=1S/C21H22N4O3/c22-14-17-8-4-5-9-18(17)24-21(27)20(26)23-10-11-25-12-13-28-19(15-25)16-6-2-1-3-7-16/h1-9,19H,10-13,15H2,(H,23,26)(H,24,27)/t19-/m1/s1. The maximum Gasteiger partial charge on any atom is 0.313 e. The lowest BCUT2D eigenvalue weighted by molar-refractivity contribution is -0.136. The summed E-state index contributed by atoms with van der Waals surface area (Å²) >= 11 is 0. The smallest absolute Gasteiger partial charge is 0.313 e. The van der Waals surface area contributed by atoms with Gasteiger partial charge in [-0.05, 0) is 17.7 Å². The number of hydrogen-bond donors (Lipinski definition) is 2. The molecule has 1 atom stereocenters. The molecular formula is C21H22N4O3. The fourth-order valence-electron chi connectivity index (χ4n) is 3.05. The van der Waals surface area contributed by atoms with Crippen molar-refractivity contribution in [1.29, 1.82) is 5.26 Å². The number of ether oxygens (including phenoxy) is 1. The van der Waals surface area contributed by atoms with E-state index < -0.39 is 11.8 Å². The SMILES string of the molecule is N#Cc1ccccc1NC(=O)C(=O)NCCN1CCO[C@@H](c2ccccc2)C1. The van der Waals surface area contributed by atoms with E-state index in [1.807, 2.05) is 36.4 Å². The predicted octanol–water partition coefficient (Wildman–Crippen LogP) is 1.69. The first-order valence-corrected chi connectivity index (χ1v) is 9.14. The molecule has 3 rings (SSSR count). The van der Waals surface area contributed by atoms with Gasteiger partial charge >= 0.3 is 11.8 Å². The van der Waals surface area contributed by atoms with Crippen LogP contribution < -0.4 is 10.6 Å². The Labute approximate surface area is 163 Å². The molecule has 0 aliphatic carbocycles. The Kier molecular flexibility index (Phi) is 6.73. The summed E-state index contributed by atoms with van der Waals surface area (Å²) in [5.74, 6) is -1.51. The molecule has 0 spiro atoms. The largest absolute Gasteiger partial charge is 0.371 e. The Morgan fingerprint density at radius 1 is 1.11 bits per heavy atom. The van der Waals surface area contributed by atoms with Gasteiger partial charge in [0.25, 0.3) is 0 Å². The summed E-state index contributed by atoms with van der Waals surface area (Å²) in [7, 11) is 0. The summed E-state index contributed by atoms with van der Waals surface area (Å²) in [5, 5.41) is 14.1. The third-order valence-corrected chi connectivity index (χ3v) is 4.54. The summed E-state index contributed by atoms with van der Waals surface area (Å²) in [4.78, 5) is 26.3. The number of nitrogens with one attached hydrogen (secondary N) is 2. The van der Waals surface area contributed by atoms with Crippen molar-refractivity contribution in [2.45, 2.75) is 6.10 Å². The fourth-order valence-corrected chi connectivity index (χ4v) is 3.05. The number of benzene rings is 2. The van der Waals surface area contributed by atoms with Crippen molar-refractivity contribution in [2.24, 2.45) is 0 Å². The minimum atomic E-state index is -0.785. The maximum absolute atomic E-state index is 12.0. The number of carbonyl (C=O) groups excluding carboxylic acids is 2. The quantitative estimate of drug-likeness (QED) is 0.772. The molecule has 2 aromatic carbocycles. The van der Waals surface area contributed by atoms with Crippen LogP contribution in [0.15, 0.2) is 54.6 Å². The van der Waals surface area contributed by atoms with Gasteiger partial charge in [-0.2, -0.15) is 5.26 Å². The normalized spacial score (nSPS) is 16.8. The van der Waals surface area contributed by atoms with Crippen LogP contribution in [0.5, 0.6) is 0 Å². The number of nitriles is 1. The maximum atomic E-state index is 12.0. The summed E-state index contributed by atoms with van der Waals surface area (Å²) in [6.07, 6.45) is 0.0106. The summed E-state index contributed by atoms with van der Waals surface area (Å²) in [6.45, 7) is 3.12.